The predicted molar refractivity (Wildman–Crippen MR) is 86.1 cm³/mol. The van der Waals surface area contributed by atoms with Crippen molar-refractivity contribution in [3.05, 3.63) is 65.5 Å². The molecule has 2 aromatic rings. The molecule has 1 N–H and O–H groups in total. The quantitative estimate of drug-likeness (QED) is 0.877. The third-order valence-corrected chi connectivity index (χ3v) is 5.44. The van der Waals surface area contributed by atoms with Crippen LogP contribution in [0.25, 0.3) is 0 Å². The summed E-state index contributed by atoms with van der Waals surface area (Å²) >= 11 is 0. The van der Waals surface area contributed by atoms with E-state index >= 15 is 0 Å². The Hall–Kier alpha value is -1.85. The highest BCUT2D eigenvalue weighted by atomic mass is 19.1. The fourth-order valence-corrected chi connectivity index (χ4v) is 4.35. The molecule has 0 aliphatic carbocycles. The van der Waals surface area contributed by atoms with E-state index in [-0.39, 0.29) is 17.6 Å². The van der Waals surface area contributed by atoms with Crippen LogP contribution in [0.5, 0.6) is 0 Å². The van der Waals surface area contributed by atoms with Crippen LogP contribution in [-0.4, -0.2) is 27.1 Å². The number of piperidine rings is 1. The molecular weight excluding hydrogens is 310 g/mol. The number of aliphatic hydroxyl groups is 1. The lowest BCUT2D eigenvalue weighted by molar-refractivity contribution is -0.0620. The molecule has 2 aliphatic heterocycles. The van der Waals surface area contributed by atoms with Crippen LogP contribution < -0.4 is 0 Å². The number of aromatic nitrogens is 1. The molecule has 0 radical (unpaired) electrons. The van der Waals surface area contributed by atoms with Gasteiger partial charge in [-0.25, -0.2) is 0 Å². The topological polar surface area (TPSA) is 36.4 Å². The monoisotopic (exact) mass is 330 g/mol. The molecule has 0 spiro atoms. The van der Waals surface area contributed by atoms with E-state index in [1.54, 1.807) is 0 Å². The van der Waals surface area contributed by atoms with Crippen LogP contribution in [0.15, 0.2) is 42.5 Å². The molecule has 3 heterocycles. The molecule has 2 saturated heterocycles. The molecule has 5 heteroatoms. The van der Waals surface area contributed by atoms with Gasteiger partial charge < -0.3 is 5.11 Å². The first-order valence-corrected chi connectivity index (χ1v) is 8.40. The Morgan fingerprint density at radius 2 is 1.71 bits per heavy atom. The maximum atomic E-state index is 14.1. The SMILES string of the molecule is OC1(c2ccc(F)nc2F)CC2CCC(C1)N2Cc1ccccc1. The number of pyridine rings is 1. The number of rotatable bonds is 3. The standard InChI is InChI=1S/C19H20F2N2O/c20-17-9-8-16(18(21)22-17)19(24)10-14-6-7-15(11-19)23(14)12-13-4-2-1-3-5-13/h1-5,8-9,14-15,24H,6-7,10-12H2. The van der Waals surface area contributed by atoms with Gasteiger partial charge in [-0.15, -0.1) is 0 Å². The first kappa shape index (κ1) is 15.7. The Morgan fingerprint density at radius 1 is 1.04 bits per heavy atom. The number of benzene rings is 1. The van der Waals surface area contributed by atoms with E-state index in [9.17, 15) is 13.9 Å². The van der Waals surface area contributed by atoms with Crippen LogP contribution >= 0.6 is 0 Å². The lowest BCUT2D eigenvalue weighted by Crippen LogP contribution is -2.49. The smallest absolute Gasteiger partial charge is 0.221 e. The molecule has 0 saturated carbocycles. The van der Waals surface area contributed by atoms with Gasteiger partial charge in [0.2, 0.25) is 11.9 Å². The van der Waals surface area contributed by atoms with Crippen molar-refractivity contribution in [3.8, 4) is 0 Å². The average molecular weight is 330 g/mol. The Bertz CT molecular complexity index is 723. The molecule has 2 fully saturated rings. The molecule has 2 aliphatic rings. The highest BCUT2D eigenvalue weighted by molar-refractivity contribution is 5.24. The largest absolute Gasteiger partial charge is 0.385 e. The van der Waals surface area contributed by atoms with Crippen LogP contribution in [0.4, 0.5) is 8.78 Å². The van der Waals surface area contributed by atoms with Gasteiger partial charge in [-0.3, -0.25) is 4.90 Å². The Balaban J connectivity index is 1.57. The van der Waals surface area contributed by atoms with Crippen LogP contribution in [-0.2, 0) is 12.1 Å². The first-order valence-electron chi connectivity index (χ1n) is 8.40. The van der Waals surface area contributed by atoms with Gasteiger partial charge in [0, 0.05) is 24.2 Å². The van der Waals surface area contributed by atoms with Crippen molar-refractivity contribution >= 4 is 0 Å². The Morgan fingerprint density at radius 3 is 2.33 bits per heavy atom. The summed E-state index contributed by atoms with van der Waals surface area (Å²) < 4.78 is 27.1. The molecule has 24 heavy (non-hydrogen) atoms. The van der Waals surface area contributed by atoms with Crippen molar-refractivity contribution in [3.63, 3.8) is 0 Å². The molecule has 2 unspecified atom stereocenters. The zero-order chi connectivity index (χ0) is 16.7. The molecule has 2 atom stereocenters. The van der Waals surface area contributed by atoms with Gasteiger partial charge in [0.1, 0.15) is 0 Å². The van der Waals surface area contributed by atoms with Crippen LogP contribution in [0.1, 0.15) is 36.8 Å². The lowest BCUT2D eigenvalue weighted by Gasteiger charge is -2.44. The Kier molecular flexibility index (Phi) is 3.85. The van der Waals surface area contributed by atoms with Crippen molar-refractivity contribution in [2.75, 3.05) is 0 Å². The van der Waals surface area contributed by atoms with Crippen LogP contribution in [0, 0.1) is 11.9 Å². The third kappa shape index (κ3) is 2.72. The van der Waals surface area contributed by atoms with Gasteiger partial charge in [-0.1, -0.05) is 30.3 Å². The molecule has 4 rings (SSSR count). The molecule has 2 bridgehead atoms. The summed E-state index contributed by atoms with van der Waals surface area (Å²) in [5.41, 5.74) is 0.110. The molecule has 1 aromatic carbocycles. The van der Waals surface area contributed by atoms with Gasteiger partial charge >= 0.3 is 0 Å². The second-order valence-corrected chi connectivity index (χ2v) is 6.96. The number of hydrogen-bond acceptors (Lipinski definition) is 3. The second-order valence-electron chi connectivity index (χ2n) is 6.96. The average Bonchev–Trinajstić information content (AvgIpc) is 2.79. The van der Waals surface area contributed by atoms with E-state index in [4.69, 9.17) is 0 Å². The summed E-state index contributed by atoms with van der Waals surface area (Å²) in [4.78, 5) is 5.66. The summed E-state index contributed by atoms with van der Waals surface area (Å²) in [6, 6.07) is 13.1. The minimum atomic E-state index is -1.26. The zero-order valence-electron chi connectivity index (χ0n) is 13.3. The maximum absolute atomic E-state index is 14.1. The number of halogens is 2. The van der Waals surface area contributed by atoms with E-state index in [2.05, 4.69) is 22.0 Å². The van der Waals surface area contributed by atoms with Crippen LogP contribution in [0.3, 0.4) is 0 Å². The van der Waals surface area contributed by atoms with Gasteiger partial charge in [0.05, 0.1) is 5.60 Å². The molecular formula is C19H20F2N2O. The van der Waals surface area contributed by atoms with Crippen molar-refractivity contribution in [2.24, 2.45) is 0 Å². The minimum Gasteiger partial charge on any atom is -0.385 e. The molecule has 1 aromatic heterocycles. The highest BCUT2D eigenvalue weighted by Crippen LogP contribution is 2.46. The summed E-state index contributed by atoms with van der Waals surface area (Å²) in [6.07, 6.45) is 2.91. The minimum absolute atomic E-state index is 0.125. The molecule has 3 nitrogen and oxygen atoms in total. The zero-order valence-corrected chi connectivity index (χ0v) is 13.3. The van der Waals surface area contributed by atoms with Crippen molar-refractivity contribution in [1.82, 2.24) is 9.88 Å². The normalized spacial score (nSPS) is 29.8. The predicted octanol–water partition coefficient (Wildman–Crippen LogP) is 3.37. The number of hydrogen-bond donors (Lipinski definition) is 1. The van der Waals surface area contributed by atoms with E-state index in [0.717, 1.165) is 25.5 Å². The van der Waals surface area contributed by atoms with Gasteiger partial charge in [-0.05, 0) is 43.4 Å². The van der Waals surface area contributed by atoms with Crippen LogP contribution in [0.2, 0.25) is 0 Å². The van der Waals surface area contributed by atoms with Gasteiger partial charge in [0.15, 0.2) is 0 Å². The number of nitrogens with zero attached hydrogens (tertiary/aromatic N) is 2. The third-order valence-electron chi connectivity index (χ3n) is 5.44. The van der Waals surface area contributed by atoms with E-state index in [0.29, 0.717) is 12.8 Å². The summed E-state index contributed by atoms with van der Waals surface area (Å²) in [5, 5.41) is 11.0. The second kappa shape index (κ2) is 5.90. The fraction of sp³-hybridized carbons (Fsp3) is 0.421. The van der Waals surface area contributed by atoms with E-state index < -0.39 is 17.5 Å². The number of fused-ring (bicyclic) bond motifs is 2. The summed E-state index contributed by atoms with van der Waals surface area (Å²) in [6.45, 7) is 0.844. The highest BCUT2D eigenvalue weighted by Gasteiger charge is 2.49. The summed E-state index contributed by atoms with van der Waals surface area (Å²) in [5.74, 6) is -1.75. The van der Waals surface area contributed by atoms with Crippen molar-refractivity contribution < 1.29 is 13.9 Å². The van der Waals surface area contributed by atoms with E-state index in [1.165, 1.54) is 11.6 Å². The fourth-order valence-electron chi connectivity index (χ4n) is 4.35. The first-order chi connectivity index (χ1) is 11.5. The van der Waals surface area contributed by atoms with Crippen molar-refractivity contribution in [1.29, 1.82) is 0 Å². The Labute approximate surface area is 140 Å². The molecule has 0 amide bonds. The van der Waals surface area contributed by atoms with E-state index in [1.807, 2.05) is 18.2 Å². The lowest BCUT2D eigenvalue weighted by atomic mass is 9.81. The van der Waals surface area contributed by atoms with Crippen molar-refractivity contribution in [2.45, 2.75) is 49.9 Å². The molecule has 126 valence electrons. The van der Waals surface area contributed by atoms with Gasteiger partial charge in [-0.2, -0.15) is 13.8 Å². The van der Waals surface area contributed by atoms with Gasteiger partial charge in [0.25, 0.3) is 0 Å². The summed E-state index contributed by atoms with van der Waals surface area (Å²) in [7, 11) is 0. The maximum Gasteiger partial charge on any atom is 0.221 e.